The molecule has 2 heterocycles. The lowest BCUT2D eigenvalue weighted by molar-refractivity contribution is -0.332. The number of aliphatic hydroxyl groups is 7. The molecular formula is C60H106O14. The molecule has 0 aromatic heterocycles. The lowest BCUT2D eigenvalue weighted by atomic mass is 9.98. The van der Waals surface area contributed by atoms with Gasteiger partial charge in [-0.25, -0.2) is 0 Å². The summed E-state index contributed by atoms with van der Waals surface area (Å²) >= 11 is 0. The van der Waals surface area contributed by atoms with E-state index in [1.165, 1.54) is 109 Å². The van der Waals surface area contributed by atoms with Crippen molar-refractivity contribution < 1.29 is 69.0 Å². The Balaban J connectivity index is 1.72. The first kappa shape index (κ1) is 67.8. The number of carbonyl (C=O) groups excluding carboxylic acids is 1. The van der Waals surface area contributed by atoms with Gasteiger partial charge in [0, 0.05) is 13.0 Å². The zero-order valence-corrected chi connectivity index (χ0v) is 46.1. The largest absolute Gasteiger partial charge is 0.457 e. The Kier molecular flexibility index (Phi) is 42.8. The van der Waals surface area contributed by atoms with Crippen LogP contribution in [-0.4, -0.2) is 142 Å². The number of allylic oxidation sites excluding steroid dienone is 10. The van der Waals surface area contributed by atoms with E-state index >= 15 is 0 Å². The molecule has 2 rings (SSSR count). The molecule has 0 bridgehead atoms. The van der Waals surface area contributed by atoms with Gasteiger partial charge < -0.3 is 64.2 Å². The maximum atomic E-state index is 13.1. The third-order valence-corrected chi connectivity index (χ3v) is 13.7. The van der Waals surface area contributed by atoms with Crippen molar-refractivity contribution in [3.05, 3.63) is 60.8 Å². The van der Waals surface area contributed by atoms with Gasteiger partial charge in [0.15, 0.2) is 12.6 Å². The number of ether oxygens (including phenoxy) is 6. The zero-order valence-electron chi connectivity index (χ0n) is 46.1. The highest BCUT2D eigenvalue weighted by Crippen LogP contribution is 2.26. The van der Waals surface area contributed by atoms with Crippen LogP contribution >= 0.6 is 0 Å². The van der Waals surface area contributed by atoms with Gasteiger partial charge >= 0.3 is 5.97 Å². The molecule has 0 spiro atoms. The van der Waals surface area contributed by atoms with Gasteiger partial charge in [-0.2, -0.15) is 0 Å². The van der Waals surface area contributed by atoms with Crippen LogP contribution < -0.4 is 0 Å². The summed E-state index contributed by atoms with van der Waals surface area (Å²) < 4.78 is 34.4. The summed E-state index contributed by atoms with van der Waals surface area (Å²) in [7, 11) is 0. The van der Waals surface area contributed by atoms with Gasteiger partial charge in [-0.05, 0) is 83.5 Å². The average molecular weight is 1050 g/mol. The first-order valence-electron chi connectivity index (χ1n) is 29.4. The highest BCUT2D eigenvalue weighted by atomic mass is 16.7. The minimum absolute atomic E-state index is 0.0494. The maximum absolute atomic E-state index is 13.1. The number of hydrogen-bond acceptors (Lipinski definition) is 14. The first-order chi connectivity index (χ1) is 36.1. The summed E-state index contributed by atoms with van der Waals surface area (Å²) in [5.41, 5.74) is 0. The lowest BCUT2D eigenvalue weighted by Gasteiger charge is -2.42. The second-order valence-electron chi connectivity index (χ2n) is 20.5. The van der Waals surface area contributed by atoms with Crippen molar-refractivity contribution in [2.24, 2.45) is 0 Å². The molecule has 0 aromatic rings. The maximum Gasteiger partial charge on any atom is 0.306 e. The average Bonchev–Trinajstić information content (AvgIpc) is 3.40. The number of esters is 1. The molecule has 14 nitrogen and oxygen atoms in total. The summed E-state index contributed by atoms with van der Waals surface area (Å²) in [5.74, 6) is -0.387. The highest BCUT2D eigenvalue weighted by Gasteiger charge is 2.47. The Bertz CT molecular complexity index is 1450. The molecule has 0 saturated carbocycles. The van der Waals surface area contributed by atoms with Crippen LogP contribution in [0, 0.1) is 0 Å². The Morgan fingerprint density at radius 2 is 0.838 bits per heavy atom. The fraction of sp³-hybridized carbons (Fsp3) is 0.817. The van der Waals surface area contributed by atoms with Crippen molar-refractivity contribution in [3.8, 4) is 0 Å². The molecule has 0 amide bonds. The van der Waals surface area contributed by atoms with Crippen molar-refractivity contribution in [2.75, 3.05) is 33.0 Å². The van der Waals surface area contributed by atoms with E-state index in [2.05, 4.69) is 74.6 Å². The predicted molar refractivity (Wildman–Crippen MR) is 293 cm³/mol. The molecular weight excluding hydrogens is 945 g/mol. The highest BCUT2D eigenvalue weighted by molar-refractivity contribution is 5.69. The zero-order chi connectivity index (χ0) is 53.7. The number of hydrogen-bond donors (Lipinski definition) is 7. The normalized spacial score (nSPS) is 25.2. The monoisotopic (exact) mass is 1050 g/mol. The summed E-state index contributed by atoms with van der Waals surface area (Å²) in [6, 6.07) is 0. The van der Waals surface area contributed by atoms with Crippen molar-refractivity contribution in [2.45, 2.75) is 280 Å². The molecule has 7 N–H and O–H groups in total. The van der Waals surface area contributed by atoms with Crippen LogP contribution in [0.1, 0.15) is 213 Å². The molecule has 2 aliphatic heterocycles. The number of unbranched alkanes of at least 4 members (excludes halogenated alkanes) is 23. The molecule has 430 valence electrons. The van der Waals surface area contributed by atoms with Gasteiger partial charge in [0.25, 0.3) is 0 Å². The van der Waals surface area contributed by atoms with Crippen molar-refractivity contribution >= 4 is 5.97 Å². The number of carbonyl (C=O) groups is 1. The molecule has 11 atom stereocenters. The third-order valence-electron chi connectivity index (χ3n) is 13.7. The van der Waals surface area contributed by atoms with Crippen LogP contribution in [-0.2, 0) is 33.2 Å². The molecule has 74 heavy (non-hydrogen) atoms. The second kappa shape index (κ2) is 46.8. The van der Waals surface area contributed by atoms with Gasteiger partial charge in [-0.1, -0.05) is 184 Å². The Hall–Kier alpha value is -2.31. The summed E-state index contributed by atoms with van der Waals surface area (Å²) in [4.78, 5) is 13.1. The molecule has 0 radical (unpaired) electrons. The number of aliphatic hydroxyl groups excluding tert-OH is 7. The quantitative estimate of drug-likeness (QED) is 0.0172. The van der Waals surface area contributed by atoms with E-state index in [0.717, 1.165) is 77.0 Å². The van der Waals surface area contributed by atoms with Gasteiger partial charge in [0.05, 0.1) is 26.4 Å². The van der Waals surface area contributed by atoms with Crippen molar-refractivity contribution in [3.63, 3.8) is 0 Å². The van der Waals surface area contributed by atoms with E-state index in [4.69, 9.17) is 28.4 Å². The standard InChI is InChI=1S/C60H106O14/c1-3-5-7-9-11-13-15-17-19-21-22-23-24-25-26-27-29-31-33-35-37-39-41-43-52(62)72-49(46-69-44-42-40-38-36-34-32-30-28-20-18-16-14-12-10-8-6-4-2)47-70-59-58(68)56(66)54(64)51(74-59)48-71-60-57(67)55(65)53(63)50(45-61)73-60/h14-17,20-22,24-25,28,49-51,53-61,63-68H,3-13,18-19,23,26-27,29-48H2,1-2H3/b16-14-,17-15-,22-21-,25-24-,28-20-. The van der Waals surface area contributed by atoms with E-state index in [1.54, 1.807) is 0 Å². The van der Waals surface area contributed by atoms with Gasteiger partial charge in [0.1, 0.15) is 54.9 Å². The lowest BCUT2D eigenvalue weighted by Crippen LogP contribution is -2.61. The fourth-order valence-electron chi connectivity index (χ4n) is 8.97. The molecule has 0 aliphatic carbocycles. The Labute approximate surface area is 447 Å². The molecule has 2 fully saturated rings. The molecule has 0 aromatic carbocycles. The summed E-state index contributed by atoms with van der Waals surface area (Å²) in [5, 5.41) is 72.3. The van der Waals surface area contributed by atoms with Gasteiger partial charge in [-0.15, -0.1) is 0 Å². The molecule has 2 aliphatic rings. The van der Waals surface area contributed by atoms with Crippen LogP contribution in [0.2, 0.25) is 0 Å². The Morgan fingerprint density at radius 1 is 0.446 bits per heavy atom. The number of rotatable bonds is 47. The van der Waals surface area contributed by atoms with Crippen LogP contribution in [0.3, 0.4) is 0 Å². The smallest absolute Gasteiger partial charge is 0.306 e. The van der Waals surface area contributed by atoms with E-state index in [0.29, 0.717) is 13.0 Å². The fourth-order valence-corrected chi connectivity index (χ4v) is 8.97. The SMILES string of the molecule is CCCCCC/C=C\C/C=C\CCCCCCCCOCC(COC1OC(COC2OC(CO)C(O)C(O)C2O)C(O)C(O)C1O)OC(=O)CCCCCCCCCC/C=C\C/C=C\C/C=C\CCCCCCC. The topological polar surface area (TPSA) is 214 Å². The van der Waals surface area contributed by atoms with E-state index in [-0.39, 0.29) is 25.6 Å². The van der Waals surface area contributed by atoms with Crippen LogP contribution in [0.4, 0.5) is 0 Å². The summed E-state index contributed by atoms with van der Waals surface area (Å²) in [6.45, 7) is 3.64. The summed E-state index contributed by atoms with van der Waals surface area (Å²) in [6.07, 6.45) is 41.3. The molecule has 14 heteroatoms. The van der Waals surface area contributed by atoms with Crippen molar-refractivity contribution in [1.82, 2.24) is 0 Å². The van der Waals surface area contributed by atoms with Gasteiger partial charge in [-0.3, -0.25) is 4.79 Å². The third kappa shape index (κ3) is 33.1. The molecule has 11 unspecified atom stereocenters. The van der Waals surface area contributed by atoms with Gasteiger partial charge in [0.2, 0.25) is 0 Å². The van der Waals surface area contributed by atoms with Crippen molar-refractivity contribution in [1.29, 1.82) is 0 Å². The van der Waals surface area contributed by atoms with E-state index < -0.39 is 80.7 Å². The van der Waals surface area contributed by atoms with Crippen LogP contribution in [0.5, 0.6) is 0 Å². The predicted octanol–water partition coefficient (Wildman–Crippen LogP) is 10.5. The van der Waals surface area contributed by atoms with E-state index in [1.807, 2.05) is 0 Å². The first-order valence-corrected chi connectivity index (χ1v) is 29.4. The Morgan fingerprint density at radius 3 is 1.32 bits per heavy atom. The van der Waals surface area contributed by atoms with E-state index in [9.17, 15) is 40.5 Å². The van der Waals surface area contributed by atoms with Crippen LogP contribution in [0.15, 0.2) is 60.8 Å². The molecule has 2 saturated heterocycles. The minimum atomic E-state index is -1.71. The second-order valence-corrected chi connectivity index (χ2v) is 20.5. The minimum Gasteiger partial charge on any atom is -0.457 e. The van der Waals surface area contributed by atoms with Crippen LogP contribution in [0.25, 0.3) is 0 Å².